The molecule has 0 atom stereocenters. The molecule has 0 unspecified atom stereocenters. The van der Waals surface area contributed by atoms with Crippen LogP contribution >= 0.6 is 11.8 Å². The highest BCUT2D eigenvalue weighted by Crippen LogP contribution is 2.33. The van der Waals surface area contributed by atoms with Crippen molar-refractivity contribution in [2.45, 2.75) is 11.8 Å². The minimum Gasteiger partial charge on any atom is -0.489 e. The lowest BCUT2D eigenvalue weighted by Gasteiger charge is -2.29. The zero-order valence-electron chi connectivity index (χ0n) is 14.2. The Kier molecular flexibility index (Phi) is 5.51. The van der Waals surface area contributed by atoms with Crippen molar-refractivity contribution in [1.82, 2.24) is 0 Å². The quantitative estimate of drug-likeness (QED) is 0.766. The summed E-state index contributed by atoms with van der Waals surface area (Å²) in [6.07, 6.45) is 0. The Morgan fingerprint density at radius 2 is 1.96 bits per heavy atom. The summed E-state index contributed by atoms with van der Waals surface area (Å²) in [7, 11) is 2.15. The topological polar surface area (TPSA) is 15.7 Å². The summed E-state index contributed by atoms with van der Waals surface area (Å²) in [5, 5.41) is 0. The van der Waals surface area contributed by atoms with Gasteiger partial charge in [-0.05, 0) is 31.2 Å². The Labute approximate surface area is 147 Å². The largest absolute Gasteiger partial charge is 0.489 e. The van der Waals surface area contributed by atoms with E-state index < -0.39 is 0 Å². The Hall–Kier alpha value is -1.88. The Morgan fingerprint density at radius 1 is 1.12 bits per heavy atom. The van der Waals surface area contributed by atoms with Gasteiger partial charge in [-0.15, -0.1) is 11.8 Å². The van der Waals surface area contributed by atoms with E-state index in [0.29, 0.717) is 12.4 Å². The molecule has 2 heterocycles. The Morgan fingerprint density at radius 3 is 2.75 bits per heavy atom. The van der Waals surface area contributed by atoms with Crippen LogP contribution in [0.4, 0.5) is 15.8 Å². The van der Waals surface area contributed by atoms with E-state index in [1.54, 1.807) is 6.07 Å². The molecule has 0 saturated heterocycles. The van der Waals surface area contributed by atoms with Crippen molar-refractivity contribution in [3.05, 3.63) is 48.3 Å². The van der Waals surface area contributed by atoms with Crippen LogP contribution in [0.3, 0.4) is 0 Å². The predicted octanol–water partition coefficient (Wildman–Crippen LogP) is 4.27. The molecule has 0 spiro atoms. The van der Waals surface area contributed by atoms with Gasteiger partial charge in [-0.2, -0.15) is 0 Å². The molecular formula is C19H23FN2OS. The number of benzene rings is 2. The third-order valence-corrected chi connectivity index (χ3v) is 5.27. The van der Waals surface area contributed by atoms with Crippen molar-refractivity contribution in [2.24, 2.45) is 0 Å². The van der Waals surface area contributed by atoms with E-state index in [1.807, 2.05) is 11.8 Å². The molecule has 0 amide bonds. The molecule has 2 aromatic rings. The molecule has 0 fully saturated rings. The number of hydrogen-bond acceptors (Lipinski definition) is 4. The first kappa shape index (κ1) is 17.0. The molecule has 2 aliphatic rings. The highest BCUT2D eigenvalue weighted by atomic mass is 32.2. The molecule has 0 saturated carbocycles. The van der Waals surface area contributed by atoms with Crippen molar-refractivity contribution < 1.29 is 9.13 Å². The molecule has 0 bridgehead atoms. The number of fused-ring (bicyclic) bond motifs is 2. The van der Waals surface area contributed by atoms with E-state index in [0.717, 1.165) is 18.8 Å². The van der Waals surface area contributed by atoms with Crippen LogP contribution in [0.25, 0.3) is 0 Å². The van der Waals surface area contributed by atoms with Crippen LogP contribution in [0.1, 0.15) is 6.92 Å². The summed E-state index contributed by atoms with van der Waals surface area (Å²) in [4.78, 5) is 5.91. The molecule has 5 heteroatoms. The van der Waals surface area contributed by atoms with E-state index in [9.17, 15) is 4.39 Å². The maximum absolute atomic E-state index is 12.8. The van der Waals surface area contributed by atoms with Crippen molar-refractivity contribution in [3.63, 3.8) is 0 Å². The molecule has 2 aromatic carbocycles. The van der Waals surface area contributed by atoms with Crippen molar-refractivity contribution >= 4 is 23.1 Å². The molecule has 0 aromatic heterocycles. The van der Waals surface area contributed by atoms with Gasteiger partial charge in [-0.3, -0.25) is 0 Å². The highest BCUT2D eigenvalue weighted by molar-refractivity contribution is 7.99. The summed E-state index contributed by atoms with van der Waals surface area (Å²) >= 11 is 1.95. The van der Waals surface area contributed by atoms with Crippen molar-refractivity contribution in [2.75, 3.05) is 48.8 Å². The standard InChI is InChI=1S/C10H12FNO.C9H11NS/c1-2-12-5-6-13-10-7-8(11)3-4-9(10)12;1-10-6-7-11-9-5-3-2-4-8(9)10/h3-4,7H,2,5-6H2,1H3;2-5H,6-7H2,1H3. The lowest BCUT2D eigenvalue weighted by molar-refractivity contribution is 0.307. The van der Waals surface area contributed by atoms with Crippen LogP contribution in [0, 0.1) is 5.82 Å². The van der Waals surface area contributed by atoms with E-state index in [2.05, 4.69) is 48.0 Å². The van der Waals surface area contributed by atoms with Crippen LogP contribution in [0.5, 0.6) is 5.75 Å². The lowest BCUT2D eigenvalue weighted by Crippen LogP contribution is -2.32. The maximum Gasteiger partial charge on any atom is 0.145 e. The van der Waals surface area contributed by atoms with Gasteiger partial charge in [0.05, 0.1) is 17.9 Å². The van der Waals surface area contributed by atoms with Crippen LogP contribution in [-0.2, 0) is 0 Å². The summed E-state index contributed by atoms with van der Waals surface area (Å²) in [5.74, 6) is 1.64. The first-order valence-electron chi connectivity index (χ1n) is 8.29. The number of likely N-dealkylation sites (N-methyl/N-ethyl adjacent to an activating group) is 1. The highest BCUT2D eigenvalue weighted by Gasteiger charge is 2.16. The summed E-state index contributed by atoms with van der Waals surface area (Å²) in [6.45, 7) is 5.71. The van der Waals surface area contributed by atoms with Gasteiger partial charge in [-0.25, -0.2) is 4.39 Å². The number of anilines is 2. The van der Waals surface area contributed by atoms with Gasteiger partial charge >= 0.3 is 0 Å². The van der Waals surface area contributed by atoms with E-state index in [1.165, 1.54) is 35.0 Å². The third kappa shape index (κ3) is 3.78. The number of rotatable bonds is 1. The summed E-state index contributed by atoms with van der Waals surface area (Å²) in [5.41, 5.74) is 2.37. The number of ether oxygens (including phenoxy) is 1. The fraction of sp³-hybridized carbons (Fsp3) is 0.368. The Bertz CT molecular complexity index is 695. The molecule has 0 radical (unpaired) electrons. The smallest absolute Gasteiger partial charge is 0.145 e. The Balaban J connectivity index is 0.000000143. The van der Waals surface area contributed by atoms with Gasteiger partial charge < -0.3 is 14.5 Å². The summed E-state index contributed by atoms with van der Waals surface area (Å²) in [6, 6.07) is 13.3. The fourth-order valence-corrected chi connectivity index (χ4v) is 4.02. The SMILES string of the molecule is CCN1CCOc2cc(F)ccc21.CN1CCSc2ccccc21. The molecule has 0 N–H and O–H groups in total. The molecule has 24 heavy (non-hydrogen) atoms. The van der Waals surface area contributed by atoms with Gasteiger partial charge in [0, 0.05) is 36.9 Å². The molecule has 2 aliphatic heterocycles. The average molecular weight is 346 g/mol. The van der Waals surface area contributed by atoms with E-state index in [-0.39, 0.29) is 5.82 Å². The number of hydrogen-bond donors (Lipinski definition) is 0. The van der Waals surface area contributed by atoms with Gasteiger partial charge in [0.25, 0.3) is 0 Å². The van der Waals surface area contributed by atoms with Gasteiger partial charge in [0.2, 0.25) is 0 Å². The number of thioether (sulfide) groups is 1. The number of nitrogens with zero attached hydrogens (tertiary/aromatic N) is 2. The molecule has 128 valence electrons. The maximum atomic E-state index is 12.8. The number of para-hydroxylation sites is 1. The zero-order valence-corrected chi connectivity index (χ0v) is 15.0. The molecular weight excluding hydrogens is 323 g/mol. The van der Waals surface area contributed by atoms with E-state index in [4.69, 9.17) is 4.74 Å². The van der Waals surface area contributed by atoms with Crippen LogP contribution in [-0.4, -0.2) is 39.0 Å². The lowest BCUT2D eigenvalue weighted by atomic mass is 10.2. The average Bonchev–Trinajstić information content (AvgIpc) is 2.62. The van der Waals surface area contributed by atoms with Crippen LogP contribution in [0.2, 0.25) is 0 Å². The minimum absolute atomic E-state index is 0.239. The third-order valence-electron chi connectivity index (χ3n) is 4.22. The second-order valence-electron chi connectivity index (χ2n) is 5.78. The second-order valence-corrected chi connectivity index (χ2v) is 6.91. The zero-order chi connectivity index (χ0) is 16.9. The number of halogens is 1. The van der Waals surface area contributed by atoms with Gasteiger partial charge in [-0.1, -0.05) is 12.1 Å². The predicted molar refractivity (Wildman–Crippen MR) is 100 cm³/mol. The van der Waals surface area contributed by atoms with Crippen LogP contribution in [0.15, 0.2) is 47.4 Å². The molecule has 4 rings (SSSR count). The minimum atomic E-state index is -0.239. The van der Waals surface area contributed by atoms with Crippen molar-refractivity contribution in [1.29, 1.82) is 0 Å². The normalized spacial score (nSPS) is 15.6. The molecule has 3 nitrogen and oxygen atoms in total. The monoisotopic (exact) mass is 346 g/mol. The first-order chi connectivity index (χ1) is 11.7. The second kappa shape index (κ2) is 7.79. The van der Waals surface area contributed by atoms with Crippen LogP contribution < -0.4 is 14.5 Å². The van der Waals surface area contributed by atoms with E-state index >= 15 is 0 Å². The fourth-order valence-electron chi connectivity index (χ4n) is 2.89. The first-order valence-corrected chi connectivity index (χ1v) is 9.28. The van der Waals surface area contributed by atoms with Gasteiger partial charge in [0.1, 0.15) is 18.2 Å². The summed E-state index contributed by atoms with van der Waals surface area (Å²) < 4.78 is 18.2. The molecule has 0 aliphatic carbocycles. The van der Waals surface area contributed by atoms with Crippen molar-refractivity contribution in [3.8, 4) is 5.75 Å². The van der Waals surface area contributed by atoms with Gasteiger partial charge in [0.15, 0.2) is 0 Å².